The lowest BCUT2D eigenvalue weighted by Crippen LogP contribution is -2.04. The predicted octanol–water partition coefficient (Wildman–Crippen LogP) is 4.38. The van der Waals surface area contributed by atoms with Crippen LogP contribution in [0.4, 0.5) is 5.69 Å². The zero-order valence-corrected chi connectivity index (χ0v) is 11.8. The smallest absolute Gasteiger partial charge is 0.0815 e. The third-order valence-electron chi connectivity index (χ3n) is 2.58. The minimum atomic E-state index is 0.369. The Hall–Kier alpha value is -1.19. The summed E-state index contributed by atoms with van der Waals surface area (Å²) in [6.07, 6.45) is 1.97. The first-order valence-electron chi connectivity index (χ1n) is 5.79. The van der Waals surface area contributed by atoms with E-state index >= 15 is 0 Å². The maximum atomic E-state index is 6.07. The average molecular weight is 284 g/mol. The maximum absolute atomic E-state index is 6.07. The van der Waals surface area contributed by atoms with Gasteiger partial charge in [-0.25, -0.2) is 0 Å². The molecular formula is C13H15Cl2N3. The van der Waals surface area contributed by atoms with Gasteiger partial charge in [0.25, 0.3) is 0 Å². The summed E-state index contributed by atoms with van der Waals surface area (Å²) in [5.41, 5.74) is 1.79. The Labute approximate surface area is 117 Å². The molecule has 2 aromatic rings. The number of halogens is 2. The van der Waals surface area contributed by atoms with Gasteiger partial charge in [0.1, 0.15) is 0 Å². The van der Waals surface area contributed by atoms with Gasteiger partial charge in [0, 0.05) is 17.3 Å². The van der Waals surface area contributed by atoms with Crippen molar-refractivity contribution < 1.29 is 0 Å². The van der Waals surface area contributed by atoms with Crippen molar-refractivity contribution >= 4 is 28.9 Å². The highest BCUT2D eigenvalue weighted by atomic mass is 35.5. The molecule has 18 heavy (non-hydrogen) atoms. The SMILES string of the molecule is CC(C)n1ccc(CNc2cc(Cl)ccc2Cl)n1. The Morgan fingerprint density at radius 3 is 2.72 bits per heavy atom. The molecule has 0 bridgehead atoms. The Morgan fingerprint density at radius 1 is 1.28 bits per heavy atom. The van der Waals surface area contributed by atoms with E-state index in [1.165, 1.54) is 0 Å². The van der Waals surface area contributed by atoms with Crippen molar-refractivity contribution in [2.24, 2.45) is 0 Å². The van der Waals surface area contributed by atoms with Crippen LogP contribution in [0.5, 0.6) is 0 Å². The molecule has 1 aromatic carbocycles. The summed E-state index contributed by atoms with van der Waals surface area (Å²) >= 11 is 12.0. The van der Waals surface area contributed by atoms with Gasteiger partial charge in [-0.1, -0.05) is 23.2 Å². The van der Waals surface area contributed by atoms with Gasteiger partial charge in [0.2, 0.25) is 0 Å². The van der Waals surface area contributed by atoms with Crippen molar-refractivity contribution in [1.29, 1.82) is 0 Å². The van der Waals surface area contributed by atoms with Crippen molar-refractivity contribution in [3.8, 4) is 0 Å². The third-order valence-corrected chi connectivity index (χ3v) is 3.15. The molecule has 0 aliphatic rings. The second kappa shape index (κ2) is 5.63. The van der Waals surface area contributed by atoms with E-state index in [-0.39, 0.29) is 0 Å². The van der Waals surface area contributed by atoms with Crippen molar-refractivity contribution in [2.45, 2.75) is 26.4 Å². The highest BCUT2D eigenvalue weighted by Gasteiger charge is 2.04. The first-order chi connectivity index (χ1) is 8.56. The van der Waals surface area contributed by atoms with Crippen LogP contribution in [-0.4, -0.2) is 9.78 Å². The van der Waals surface area contributed by atoms with Gasteiger partial charge in [0.15, 0.2) is 0 Å². The summed E-state index contributed by atoms with van der Waals surface area (Å²) in [5, 5.41) is 9.00. The predicted molar refractivity (Wildman–Crippen MR) is 76.4 cm³/mol. The number of nitrogens with zero attached hydrogens (tertiary/aromatic N) is 2. The fraction of sp³-hybridized carbons (Fsp3) is 0.308. The normalized spacial score (nSPS) is 10.9. The van der Waals surface area contributed by atoms with Gasteiger partial charge in [-0.15, -0.1) is 0 Å². The van der Waals surface area contributed by atoms with Crippen LogP contribution in [0, 0.1) is 0 Å². The van der Waals surface area contributed by atoms with Crippen LogP contribution in [0.2, 0.25) is 10.0 Å². The minimum absolute atomic E-state index is 0.369. The standard InChI is InChI=1S/C13H15Cl2N3/c1-9(2)18-6-5-11(17-18)8-16-13-7-10(14)3-4-12(13)15/h3-7,9,16H,8H2,1-2H3. The molecular weight excluding hydrogens is 269 g/mol. The van der Waals surface area contributed by atoms with Crippen LogP contribution in [0.15, 0.2) is 30.5 Å². The number of hydrogen-bond donors (Lipinski definition) is 1. The average Bonchev–Trinajstić information content (AvgIpc) is 2.79. The molecule has 0 aliphatic carbocycles. The minimum Gasteiger partial charge on any atom is -0.378 e. The molecule has 3 nitrogen and oxygen atoms in total. The van der Waals surface area contributed by atoms with Gasteiger partial charge in [-0.05, 0) is 38.1 Å². The van der Waals surface area contributed by atoms with E-state index in [1.807, 2.05) is 23.0 Å². The summed E-state index contributed by atoms with van der Waals surface area (Å²) in [6, 6.07) is 7.71. The number of hydrogen-bond acceptors (Lipinski definition) is 2. The molecule has 1 heterocycles. The van der Waals surface area contributed by atoms with E-state index in [9.17, 15) is 0 Å². The molecule has 0 amide bonds. The summed E-state index contributed by atoms with van der Waals surface area (Å²) in [5.74, 6) is 0. The van der Waals surface area contributed by atoms with Crippen LogP contribution in [0.25, 0.3) is 0 Å². The van der Waals surface area contributed by atoms with E-state index in [0.717, 1.165) is 11.4 Å². The van der Waals surface area contributed by atoms with E-state index in [2.05, 4.69) is 24.3 Å². The van der Waals surface area contributed by atoms with Crippen molar-refractivity contribution in [3.63, 3.8) is 0 Å². The molecule has 0 aliphatic heterocycles. The van der Waals surface area contributed by atoms with Crippen molar-refractivity contribution in [1.82, 2.24) is 9.78 Å². The first-order valence-corrected chi connectivity index (χ1v) is 6.55. The second-order valence-electron chi connectivity index (χ2n) is 4.36. The van der Waals surface area contributed by atoms with Crippen LogP contribution in [0.3, 0.4) is 0 Å². The fourth-order valence-electron chi connectivity index (χ4n) is 1.58. The lowest BCUT2D eigenvalue weighted by atomic mass is 10.3. The second-order valence-corrected chi connectivity index (χ2v) is 5.20. The molecule has 1 aromatic heterocycles. The zero-order valence-electron chi connectivity index (χ0n) is 10.3. The number of aromatic nitrogens is 2. The van der Waals surface area contributed by atoms with Crippen LogP contribution in [-0.2, 0) is 6.54 Å². The Balaban J connectivity index is 2.04. The van der Waals surface area contributed by atoms with Crippen molar-refractivity contribution in [3.05, 3.63) is 46.2 Å². The summed E-state index contributed by atoms with van der Waals surface area (Å²) in [4.78, 5) is 0. The van der Waals surface area contributed by atoms with E-state index in [4.69, 9.17) is 23.2 Å². The van der Waals surface area contributed by atoms with Gasteiger partial charge < -0.3 is 5.32 Å². The molecule has 0 unspecified atom stereocenters. The van der Waals surface area contributed by atoms with Gasteiger partial charge in [0.05, 0.1) is 22.9 Å². The van der Waals surface area contributed by atoms with Crippen LogP contribution in [0.1, 0.15) is 25.6 Å². The van der Waals surface area contributed by atoms with Gasteiger partial charge in [-0.3, -0.25) is 4.68 Å². The maximum Gasteiger partial charge on any atom is 0.0815 e. The van der Waals surface area contributed by atoms with E-state index in [1.54, 1.807) is 12.1 Å². The number of anilines is 1. The molecule has 0 atom stereocenters. The summed E-state index contributed by atoms with van der Waals surface area (Å²) in [6.45, 7) is 4.82. The van der Waals surface area contributed by atoms with Gasteiger partial charge in [-0.2, -0.15) is 5.10 Å². The monoisotopic (exact) mass is 283 g/mol. The number of nitrogens with one attached hydrogen (secondary N) is 1. The number of rotatable bonds is 4. The van der Waals surface area contributed by atoms with Crippen molar-refractivity contribution in [2.75, 3.05) is 5.32 Å². The molecule has 0 saturated carbocycles. The molecule has 0 spiro atoms. The Bertz CT molecular complexity index is 535. The van der Waals surface area contributed by atoms with Crippen LogP contribution >= 0.6 is 23.2 Å². The summed E-state index contributed by atoms with van der Waals surface area (Å²) < 4.78 is 1.93. The quantitative estimate of drug-likeness (QED) is 0.902. The Kier molecular flexibility index (Phi) is 4.15. The lowest BCUT2D eigenvalue weighted by Gasteiger charge is -2.07. The lowest BCUT2D eigenvalue weighted by molar-refractivity contribution is 0.527. The highest BCUT2D eigenvalue weighted by Crippen LogP contribution is 2.25. The molecule has 1 N–H and O–H groups in total. The molecule has 2 rings (SSSR count). The molecule has 0 saturated heterocycles. The number of benzene rings is 1. The molecule has 0 fully saturated rings. The largest absolute Gasteiger partial charge is 0.378 e. The zero-order chi connectivity index (χ0) is 13.1. The van der Waals surface area contributed by atoms with Crippen LogP contribution < -0.4 is 5.32 Å². The first kappa shape index (κ1) is 13.2. The topological polar surface area (TPSA) is 29.9 Å². The molecule has 96 valence electrons. The summed E-state index contributed by atoms with van der Waals surface area (Å²) in [7, 11) is 0. The fourth-order valence-corrected chi connectivity index (χ4v) is 1.93. The molecule has 5 heteroatoms. The van der Waals surface area contributed by atoms with Gasteiger partial charge >= 0.3 is 0 Å². The van der Waals surface area contributed by atoms with E-state index in [0.29, 0.717) is 22.6 Å². The molecule has 0 radical (unpaired) electrons. The Morgan fingerprint density at radius 2 is 2.06 bits per heavy atom. The highest BCUT2D eigenvalue weighted by molar-refractivity contribution is 6.35. The third kappa shape index (κ3) is 3.18. The van der Waals surface area contributed by atoms with E-state index < -0.39 is 0 Å².